The summed E-state index contributed by atoms with van der Waals surface area (Å²) in [6.45, 7) is 8.82. The van der Waals surface area contributed by atoms with Crippen molar-refractivity contribution in [2.45, 2.75) is 91.9 Å². The number of carbonyl (C=O) groups is 2. The first kappa shape index (κ1) is 19.6. The van der Waals surface area contributed by atoms with Gasteiger partial charge in [0.15, 0.2) is 5.41 Å². The summed E-state index contributed by atoms with van der Waals surface area (Å²) in [6, 6.07) is 0. The molecule has 0 saturated heterocycles. The molecule has 4 atom stereocenters. The van der Waals surface area contributed by atoms with Gasteiger partial charge in [-0.15, -0.1) is 0 Å². The maximum absolute atomic E-state index is 13.4. The highest BCUT2D eigenvalue weighted by Gasteiger charge is 2.88. The van der Waals surface area contributed by atoms with Crippen molar-refractivity contribution in [1.82, 2.24) is 0 Å². The fraction of sp³-hybridized carbons (Fsp3) is 0.923. The van der Waals surface area contributed by atoms with E-state index >= 15 is 0 Å². The number of aliphatic carboxylic acids is 2. The zero-order valence-corrected chi connectivity index (χ0v) is 19.1. The Morgan fingerprint density at radius 3 is 1.67 bits per heavy atom. The summed E-state index contributed by atoms with van der Waals surface area (Å²) in [7, 11) is 0. The lowest BCUT2D eigenvalue weighted by atomic mass is 9.19. The fourth-order valence-corrected chi connectivity index (χ4v) is 12.0. The molecule has 8 fully saturated rings. The summed E-state index contributed by atoms with van der Waals surface area (Å²) in [6.07, 6.45) is 10.7. The van der Waals surface area contributed by atoms with E-state index in [4.69, 9.17) is 0 Å². The third-order valence-corrected chi connectivity index (χ3v) is 12.9. The van der Waals surface area contributed by atoms with E-state index in [0.29, 0.717) is 23.7 Å². The zero-order valence-electron chi connectivity index (χ0n) is 19.1. The molecule has 4 nitrogen and oxygen atoms in total. The van der Waals surface area contributed by atoms with Crippen molar-refractivity contribution in [3.8, 4) is 0 Å². The van der Waals surface area contributed by atoms with E-state index in [0.717, 1.165) is 44.9 Å². The molecular weight excluding hydrogens is 376 g/mol. The van der Waals surface area contributed by atoms with E-state index in [-0.39, 0.29) is 16.2 Å². The molecule has 8 bridgehead atoms. The largest absolute Gasteiger partial charge is 0.480 e. The van der Waals surface area contributed by atoms with Gasteiger partial charge in [-0.2, -0.15) is 0 Å². The van der Waals surface area contributed by atoms with Crippen LogP contribution in [0.15, 0.2) is 0 Å². The minimum atomic E-state index is -1.68. The van der Waals surface area contributed by atoms with Gasteiger partial charge in [0.05, 0.1) is 0 Å². The van der Waals surface area contributed by atoms with Crippen molar-refractivity contribution in [2.75, 3.05) is 0 Å². The average Bonchev–Trinajstić information content (AvgIpc) is 2.57. The van der Waals surface area contributed by atoms with Crippen LogP contribution in [0.3, 0.4) is 0 Å². The number of carboxylic acid groups (broad SMARTS) is 2. The van der Waals surface area contributed by atoms with Gasteiger partial charge in [-0.05, 0) is 104 Å². The fourth-order valence-electron chi connectivity index (χ4n) is 12.0. The molecule has 8 rings (SSSR count). The summed E-state index contributed by atoms with van der Waals surface area (Å²) in [5.74, 6) is 0.476. The molecule has 0 aliphatic heterocycles. The highest BCUT2D eigenvalue weighted by atomic mass is 16.4. The molecule has 30 heavy (non-hydrogen) atoms. The summed E-state index contributed by atoms with van der Waals surface area (Å²) in [5, 5.41) is 21.9. The lowest BCUT2D eigenvalue weighted by Crippen LogP contribution is -2.82. The molecule has 166 valence electrons. The van der Waals surface area contributed by atoms with Gasteiger partial charge < -0.3 is 10.2 Å². The first-order chi connectivity index (χ1) is 13.9. The van der Waals surface area contributed by atoms with Crippen molar-refractivity contribution < 1.29 is 19.8 Å². The number of rotatable bonds is 3. The van der Waals surface area contributed by atoms with Gasteiger partial charge in [-0.1, -0.05) is 27.7 Å². The zero-order chi connectivity index (χ0) is 21.5. The monoisotopic (exact) mass is 414 g/mol. The Kier molecular flexibility index (Phi) is 3.35. The van der Waals surface area contributed by atoms with E-state index in [1.165, 1.54) is 19.3 Å². The summed E-state index contributed by atoms with van der Waals surface area (Å²) in [5.41, 5.74) is -3.40. The quantitative estimate of drug-likeness (QED) is 0.589. The van der Waals surface area contributed by atoms with Crippen LogP contribution >= 0.6 is 0 Å². The van der Waals surface area contributed by atoms with Crippen LogP contribution in [0.5, 0.6) is 0 Å². The van der Waals surface area contributed by atoms with Crippen molar-refractivity contribution in [1.29, 1.82) is 0 Å². The molecular formula is C26H38O4. The third kappa shape index (κ3) is 1.68. The lowest BCUT2D eigenvalue weighted by molar-refractivity contribution is -0.349. The predicted molar refractivity (Wildman–Crippen MR) is 113 cm³/mol. The summed E-state index contributed by atoms with van der Waals surface area (Å²) in [4.78, 5) is 26.7. The van der Waals surface area contributed by atoms with E-state index < -0.39 is 28.2 Å². The number of hydrogen-bond donors (Lipinski definition) is 2. The lowest BCUT2D eigenvalue weighted by Gasteiger charge is -2.82. The molecule has 4 unspecified atom stereocenters. The molecule has 0 radical (unpaired) electrons. The molecule has 8 saturated carbocycles. The Labute approximate surface area is 180 Å². The van der Waals surface area contributed by atoms with E-state index in [1.807, 2.05) is 0 Å². The number of carboxylic acids is 2. The minimum Gasteiger partial charge on any atom is -0.480 e. The van der Waals surface area contributed by atoms with Gasteiger partial charge in [0, 0.05) is 10.8 Å². The first-order valence-corrected chi connectivity index (χ1v) is 12.3. The molecule has 2 N–H and O–H groups in total. The Bertz CT molecular complexity index is 808. The van der Waals surface area contributed by atoms with Gasteiger partial charge in [0.1, 0.15) is 0 Å². The van der Waals surface area contributed by atoms with Gasteiger partial charge in [0.25, 0.3) is 0 Å². The van der Waals surface area contributed by atoms with Crippen molar-refractivity contribution >= 4 is 11.9 Å². The van der Waals surface area contributed by atoms with Gasteiger partial charge in [0.2, 0.25) is 0 Å². The van der Waals surface area contributed by atoms with Gasteiger partial charge >= 0.3 is 11.9 Å². The smallest absolute Gasteiger partial charge is 0.322 e. The summed E-state index contributed by atoms with van der Waals surface area (Å²) >= 11 is 0. The number of hydrogen-bond acceptors (Lipinski definition) is 2. The van der Waals surface area contributed by atoms with Gasteiger partial charge in [-0.25, -0.2) is 0 Å². The average molecular weight is 415 g/mol. The third-order valence-electron chi connectivity index (χ3n) is 12.9. The maximum Gasteiger partial charge on any atom is 0.322 e. The Balaban J connectivity index is 1.67. The Morgan fingerprint density at radius 1 is 0.700 bits per heavy atom. The summed E-state index contributed by atoms with van der Waals surface area (Å²) < 4.78 is 0. The minimum absolute atomic E-state index is 0.0145. The highest BCUT2D eigenvalue weighted by Crippen LogP contribution is 2.88. The van der Waals surface area contributed by atoms with Crippen LogP contribution in [-0.4, -0.2) is 22.2 Å². The van der Waals surface area contributed by atoms with Crippen LogP contribution in [0, 0.1) is 56.2 Å². The van der Waals surface area contributed by atoms with Crippen LogP contribution in [0.25, 0.3) is 0 Å². The molecule has 8 aliphatic rings. The second kappa shape index (κ2) is 5.12. The molecule has 8 aliphatic carbocycles. The van der Waals surface area contributed by atoms with E-state index in [9.17, 15) is 19.8 Å². The predicted octanol–water partition coefficient (Wildman–Crippen LogP) is 5.60. The van der Waals surface area contributed by atoms with Crippen LogP contribution in [0.4, 0.5) is 0 Å². The maximum atomic E-state index is 13.4. The van der Waals surface area contributed by atoms with Crippen LogP contribution in [0.1, 0.15) is 91.9 Å². The SMILES string of the molecule is CC12CC3CC(C)(C1(C)C)C(C(=O)O)(C(=O)O)C(C14CC5CC(CC(C5)C1)C4)(C3)C2. The highest BCUT2D eigenvalue weighted by molar-refractivity contribution is 6.01. The second-order valence-electron chi connectivity index (χ2n) is 13.8. The standard InChI is InChI=1S/C26H38O4/c1-21(2)22(3)8-18-9-23(21,4)26(19(27)28,20(29)30)25(13-18,14-22)24-10-15-5-16(11-24)7-17(6-15)12-24/h15-18H,5-14H2,1-4H3,(H,27,28)(H,29,30). The van der Waals surface area contributed by atoms with Gasteiger partial charge in [-0.3, -0.25) is 9.59 Å². The molecule has 0 aromatic carbocycles. The van der Waals surface area contributed by atoms with Crippen molar-refractivity contribution in [3.63, 3.8) is 0 Å². The van der Waals surface area contributed by atoms with Crippen molar-refractivity contribution in [3.05, 3.63) is 0 Å². The van der Waals surface area contributed by atoms with E-state index in [1.54, 1.807) is 0 Å². The molecule has 0 spiro atoms. The van der Waals surface area contributed by atoms with Crippen molar-refractivity contribution in [2.24, 2.45) is 56.2 Å². The van der Waals surface area contributed by atoms with E-state index in [2.05, 4.69) is 27.7 Å². The topological polar surface area (TPSA) is 74.6 Å². The van der Waals surface area contributed by atoms with Crippen LogP contribution in [0.2, 0.25) is 0 Å². The molecule has 0 aromatic heterocycles. The van der Waals surface area contributed by atoms with Crippen LogP contribution in [-0.2, 0) is 9.59 Å². The molecule has 0 heterocycles. The molecule has 0 amide bonds. The Morgan fingerprint density at radius 2 is 1.20 bits per heavy atom. The second-order valence-corrected chi connectivity index (χ2v) is 13.8. The van der Waals surface area contributed by atoms with Crippen LogP contribution < -0.4 is 0 Å². The molecule has 0 aromatic rings. The molecule has 4 heteroatoms. The Hall–Kier alpha value is -1.06. The first-order valence-electron chi connectivity index (χ1n) is 12.3. The normalized spacial score (nSPS) is 56.3.